The molecule has 0 aliphatic carbocycles. The third kappa shape index (κ3) is 6.80. The van der Waals surface area contributed by atoms with Gasteiger partial charge < -0.3 is 10.1 Å². The summed E-state index contributed by atoms with van der Waals surface area (Å²) < 4.78 is 55.9. The van der Waals surface area contributed by atoms with E-state index in [-0.39, 0.29) is 11.3 Å². The Hall–Kier alpha value is -1.30. The van der Waals surface area contributed by atoms with Gasteiger partial charge in [0, 0.05) is 5.54 Å². The third-order valence-electron chi connectivity index (χ3n) is 2.74. The molecule has 0 atom stereocenters. The highest BCUT2D eigenvalue weighted by atomic mass is 19.4. The van der Waals surface area contributed by atoms with Gasteiger partial charge in [-0.15, -0.1) is 0 Å². The van der Waals surface area contributed by atoms with Gasteiger partial charge in [-0.1, -0.05) is 0 Å². The largest absolute Gasteiger partial charge is 0.494 e. The van der Waals surface area contributed by atoms with Crippen molar-refractivity contribution in [1.29, 1.82) is 0 Å². The summed E-state index contributed by atoms with van der Waals surface area (Å²) in [6.45, 7) is 7.28. The summed E-state index contributed by atoms with van der Waals surface area (Å²) in [5.74, 6) is -1.25. The molecule has 120 valence electrons. The Balaban J connectivity index is 2.40. The van der Waals surface area contributed by atoms with Gasteiger partial charge in [0.2, 0.25) is 0 Å². The fourth-order valence-electron chi connectivity index (χ4n) is 1.69. The predicted octanol–water partition coefficient (Wildman–Crippen LogP) is 4.39. The van der Waals surface area contributed by atoms with Gasteiger partial charge in [0.1, 0.15) is 11.6 Å². The van der Waals surface area contributed by atoms with Crippen LogP contribution < -0.4 is 10.1 Å². The Bertz CT molecular complexity index is 452. The van der Waals surface area contributed by atoms with Gasteiger partial charge in [0.05, 0.1) is 12.2 Å². The number of ether oxygens (including phenoxy) is 1. The molecule has 6 heteroatoms. The molecule has 0 saturated carbocycles. The van der Waals surface area contributed by atoms with Crippen molar-refractivity contribution < 1.29 is 22.3 Å². The van der Waals surface area contributed by atoms with Crippen molar-refractivity contribution in [1.82, 2.24) is 5.32 Å². The molecule has 0 amide bonds. The zero-order valence-corrected chi connectivity index (χ0v) is 12.5. The highest BCUT2D eigenvalue weighted by molar-refractivity contribution is 5.31. The van der Waals surface area contributed by atoms with Crippen molar-refractivity contribution in [2.45, 2.75) is 45.3 Å². The lowest BCUT2D eigenvalue weighted by Gasteiger charge is -2.20. The highest BCUT2D eigenvalue weighted by Crippen LogP contribution is 2.33. The number of nitrogens with one attached hydrogen (secondary N) is 1. The first-order valence-corrected chi connectivity index (χ1v) is 6.84. The average Bonchev–Trinajstić information content (AvgIpc) is 2.32. The average molecular weight is 307 g/mol. The first kappa shape index (κ1) is 17.8. The van der Waals surface area contributed by atoms with Gasteiger partial charge in [0.25, 0.3) is 0 Å². The Morgan fingerprint density at radius 2 is 1.76 bits per heavy atom. The maximum absolute atomic E-state index is 13.1. The normalized spacial score (nSPS) is 12.5. The van der Waals surface area contributed by atoms with E-state index in [1.807, 2.05) is 0 Å². The second kappa shape index (κ2) is 7.11. The molecule has 2 nitrogen and oxygen atoms in total. The number of halogens is 4. The van der Waals surface area contributed by atoms with Crippen molar-refractivity contribution in [3.8, 4) is 5.75 Å². The Kier molecular flexibility index (Phi) is 6.01. The maximum Gasteiger partial charge on any atom is 0.419 e. The second-order valence-corrected chi connectivity index (χ2v) is 5.87. The van der Waals surface area contributed by atoms with Crippen LogP contribution in [0.4, 0.5) is 17.6 Å². The molecule has 21 heavy (non-hydrogen) atoms. The van der Waals surface area contributed by atoms with E-state index < -0.39 is 17.6 Å². The van der Waals surface area contributed by atoms with Crippen molar-refractivity contribution >= 4 is 0 Å². The topological polar surface area (TPSA) is 21.3 Å². The Morgan fingerprint density at radius 1 is 1.10 bits per heavy atom. The molecule has 0 heterocycles. The zero-order valence-electron chi connectivity index (χ0n) is 12.5. The van der Waals surface area contributed by atoms with Crippen LogP contribution in [0.2, 0.25) is 0 Å². The molecule has 0 unspecified atom stereocenters. The summed E-state index contributed by atoms with van der Waals surface area (Å²) in [4.78, 5) is 0. The predicted molar refractivity (Wildman–Crippen MR) is 73.9 cm³/mol. The SMILES string of the molecule is CC(C)(C)NCCCCOc1ccc(F)c(C(F)(F)F)c1. The van der Waals surface area contributed by atoms with E-state index in [0.717, 1.165) is 19.0 Å². The lowest BCUT2D eigenvalue weighted by molar-refractivity contribution is -0.140. The fraction of sp³-hybridized carbons (Fsp3) is 0.600. The van der Waals surface area contributed by atoms with Crippen LogP contribution in [0.15, 0.2) is 18.2 Å². The number of rotatable bonds is 6. The maximum atomic E-state index is 13.1. The van der Waals surface area contributed by atoms with Crippen LogP contribution in [0.3, 0.4) is 0 Å². The molecule has 1 aromatic carbocycles. The van der Waals surface area contributed by atoms with Gasteiger partial charge in [-0.2, -0.15) is 13.2 Å². The van der Waals surface area contributed by atoms with Gasteiger partial charge in [0.15, 0.2) is 0 Å². The molecule has 0 fully saturated rings. The molecule has 0 radical (unpaired) electrons. The highest BCUT2D eigenvalue weighted by Gasteiger charge is 2.34. The summed E-state index contributed by atoms with van der Waals surface area (Å²) in [6, 6.07) is 2.68. The van der Waals surface area contributed by atoms with Gasteiger partial charge in [-0.3, -0.25) is 0 Å². The molecular weight excluding hydrogens is 286 g/mol. The number of hydrogen-bond donors (Lipinski definition) is 1. The van der Waals surface area contributed by atoms with Crippen LogP contribution >= 0.6 is 0 Å². The minimum Gasteiger partial charge on any atom is -0.494 e. The van der Waals surface area contributed by atoms with Crippen LogP contribution in [-0.2, 0) is 6.18 Å². The first-order chi connectivity index (χ1) is 9.59. The summed E-state index contributed by atoms with van der Waals surface area (Å²) in [6.07, 6.45) is -3.15. The van der Waals surface area contributed by atoms with Crippen LogP contribution in [0, 0.1) is 5.82 Å². The number of alkyl halides is 3. The molecule has 1 aromatic rings. The lowest BCUT2D eigenvalue weighted by Crippen LogP contribution is -2.36. The standard InChI is InChI=1S/C15H21F4NO/c1-14(2,3)20-8-4-5-9-21-11-6-7-13(16)12(10-11)15(17,18)19/h6-7,10,20H,4-5,8-9H2,1-3H3. The Labute approximate surface area is 122 Å². The van der Waals surface area contributed by atoms with E-state index in [9.17, 15) is 17.6 Å². The van der Waals surface area contributed by atoms with Crippen LogP contribution in [0.1, 0.15) is 39.2 Å². The van der Waals surface area contributed by atoms with Crippen molar-refractivity contribution in [3.63, 3.8) is 0 Å². The van der Waals surface area contributed by atoms with Gasteiger partial charge >= 0.3 is 6.18 Å². The number of unbranched alkanes of at least 4 members (excludes halogenated alkanes) is 1. The summed E-state index contributed by atoms with van der Waals surface area (Å²) in [5.41, 5.74) is -1.26. The minimum absolute atomic E-state index is 0.0347. The molecule has 0 saturated heterocycles. The molecule has 0 bridgehead atoms. The molecule has 0 spiro atoms. The third-order valence-corrected chi connectivity index (χ3v) is 2.74. The summed E-state index contributed by atoms with van der Waals surface area (Å²) in [5, 5.41) is 3.30. The van der Waals surface area contributed by atoms with Gasteiger partial charge in [-0.05, 0) is 58.4 Å². The first-order valence-electron chi connectivity index (χ1n) is 6.84. The van der Waals surface area contributed by atoms with Gasteiger partial charge in [-0.25, -0.2) is 4.39 Å². The van der Waals surface area contributed by atoms with E-state index in [0.29, 0.717) is 19.1 Å². The molecule has 0 aromatic heterocycles. The molecule has 0 aliphatic rings. The van der Waals surface area contributed by atoms with E-state index >= 15 is 0 Å². The zero-order chi connectivity index (χ0) is 16.1. The number of benzene rings is 1. The van der Waals surface area contributed by atoms with Crippen molar-refractivity contribution in [3.05, 3.63) is 29.6 Å². The lowest BCUT2D eigenvalue weighted by atomic mass is 10.1. The molecule has 1 rings (SSSR count). The fourth-order valence-corrected chi connectivity index (χ4v) is 1.69. The van der Waals surface area contributed by atoms with E-state index in [2.05, 4.69) is 26.1 Å². The Morgan fingerprint density at radius 3 is 2.33 bits per heavy atom. The van der Waals surface area contributed by atoms with Crippen LogP contribution in [0.5, 0.6) is 5.75 Å². The molecule has 1 N–H and O–H groups in total. The molecule has 0 aliphatic heterocycles. The number of hydrogen-bond acceptors (Lipinski definition) is 2. The van der Waals surface area contributed by atoms with Crippen LogP contribution in [0.25, 0.3) is 0 Å². The van der Waals surface area contributed by atoms with Crippen molar-refractivity contribution in [2.24, 2.45) is 0 Å². The van der Waals surface area contributed by atoms with E-state index in [1.54, 1.807) is 0 Å². The summed E-state index contributed by atoms with van der Waals surface area (Å²) in [7, 11) is 0. The van der Waals surface area contributed by atoms with Crippen LogP contribution in [-0.4, -0.2) is 18.7 Å². The van der Waals surface area contributed by atoms with E-state index in [1.165, 1.54) is 6.07 Å². The molecular formula is C15H21F4NO. The quantitative estimate of drug-likeness (QED) is 0.621. The summed E-state index contributed by atoms with van der Waals surface area (Å²) >= 11 is 0. The second-order valence-electron chi connectivity index (χ2n) is 5.87. The smallest absolute Gasteiger partial charge is 0.419 e. The minimum atomic E-state index is -4.71. The van der Waals surface area contributed by atoms with Crippen molar-refractivity contribution in [2.75, 3.05) is 13.2 Å². The van der Waals surface area contributed by atoms with E-state index in [4.69, 9.17) is 4.74 Å². The monoisotopic (exact) mass is 307 g/mol.